The second-order valence-corrected chi connectivity index (χ2v) is 7.48. The van der Waals surface area contributed by atoms with Crippen LogP contribution in [0.1, 0.15) is 31.4 Å². The summed E-state index contributed by atoms with van der Waals surface area (Å²) in [6.07, 6.45) is 2.52. The molecule has 2 rings (SSSR count). The lowest BCUT2D eigenvalue weighted by Crippen LogP contribution is -2.37. The van der Waals surface area contributed by atoms with Crippen molar-refractivity contribution in [2.24, 2.45) is 0 Å². The predicted molar refractivity (Wildman–Crippen MR) is 79.7 cm³/mol. The molecule has 2 unspecified atom stereocenters. The van der Waals surface area contributed by atoms with Crippen molar-refractivity contribution in [3.8, 4) is 0 Å². The quantitative estimate of drug-likeness (QED) is 0.850. The van der Waals surface area contributed by atoms with Gasteiger partial charge in [-0.05, 0) is 37.5 Å². The Morgan fingerprint density at radius 2 is 1.95 bits per heavy atom. The first kappa shape index (κ1) is 16.0. The van der Waals surface area contributed by atoms with E-state index in [2.05, 4.69) is 0 Å². The third-order valence-corrected chi connectivity index (χ3v) is 5.05. The molecule has 1 aromatic rings. The summed E-state index contributed by atoms with van der Waals surface area (Å²) in [5, 5.41) is 0. The Labute approximate surface area is 125 Å². The number of amides is 1. The molecule has 1 amide bonds. The van der Waals surface area contributed by atoms with Crippen LogP contribution in [0.5, 0.6) is 0 Å². The highest BCUT2D eigenvalue weighted by molar-refractivity contribution is 7.90. The molecule has 0 radical (unpaired) electrons. The van der Waals surface area contributed by atoms with Crippen LogP contribution in [0.3, 0.4) is 0 Å². The average Bonchev–Trinajstić information content (AvgIpc) is 2.98. The zero-order valence-corrected chi connectivity index (χ0v) is 13.4. The highest BCUT2D eigenvalue weighted by atomic mass is 32.2. The lowest BCUT2D eigenvalue weighted by Gasteiger charge is -2.27. The van der Waals surface area contributed by atoms with E-state index in [1.807, 2.05) is 6.92 Å². The van der Waals surface area contributed by atoms with Gasteiger partial charge in [0, 0.05) is 19.9 Å². The number of rotatable bonds is 4. The van der Waals surface area contributed by atoms with Crippen LogP contribution in [-0.4, -0.2) is 45.2 Å². The van der Waals surface area contributed by atoms with Crippen LogP contribution in [-0.2, 0) is 19.4 Å². The highest BCUT2D eigenvalue weighted by Crippen LogP contribution is 2.23. The number of nitrogens with zero attached hydrogens (tertiary/aromatic N) is 1. The van der Waals surface area contributed by atoms with Crippen molar-refractivity contribution in [3.63, 3.8) is 0 Å². The Balaban J connectivity index is 2.11. The van der Waals surface area contributed by atoms with Crippen LogP contribution in [0.25, 0.3) is 0 Å². The van der Waals surface area contributed by atoms with Gasteiger partial charge in [0.05, 0.1) is 10.9 Å². The highest BCUT2D eigenvalue weighted by Gasteiger charge is 2.29. The van der Waals surface area contributed by atoms with Crippen molar-refractivity contribution in [2.45, 2.75) is 36.8 Å². The van der Waals surface area contributed by atoms with Crippen LogP contribution < -0.4 is 0 Å². The summed E-state index contributed by atoms with van der Waals surface area (Å²) in [6.45, 7) is 2.56. The van der Waals surface area contributed by atoms with Crippen molar-refractivity contribution in [3.05, 3.63) is 29.8 Å². The van der Waals surface area contributed by atoms with Gasteiger partial charge >= 0.3 is 0 Å². The molecule has 1 fully saturated rings. The molecule has 6 heteroatoms. The largest absolute Gasteiger partial charge is 0.368 e. The third kappa shape index (κ3) is 3.63. The maximum absolute atomic E-state index is 12.3. The molecule has 0 N–H and O–H groups in total. The number of hydrogen-bond donors (Lipinski definition) is 0. The van der Waals surface area contributed by atoms with Crippen LogP contribution in [0.2, 0.25) is 0 Å². The van der Waals surface area contributed by atoms with Crippen molar-refractivity contribution in [1.82, 2.24) is 4.90 Å². The van der Waals surface area contributed by atoms with Crippen molar-refractivity contribution >= 4 is 15.7 Å². The van der Waals surface area contributed by atoms with Crippen molar-refractivity contribution in [1.29, 1.82) is 0 Å². The average molecular weight is 311 g/mol. The smallest absolute Gasteiger partial charge is 0.251 e. The summed E-state index contributed by atoms with van der Waals surface area (Å²) >= 11 is 0. The minimum Gasteiger partial charge on any atom is -0.368 e. The fourth-order valence-electron chi connectivity index (χ4n) is 2.41. The maximum atomic E-state index is 12.3. The first-order chi connectivity index (χ1) is 9.80. The summed E-state index contributed by atoms with van der Waals surface area (Å²) < 4.78 is 28.3. The molecular weight excluding hydrogens is 290 g/mol. The molecule has 2 atom stereocenters. The van der Waals surface area contributed by atoms with Gasteiger partial charge in [-0.15, -0.1) is 0 Å². The van der Waals surface area contributed by atoms with E-state index in [4.69, 9.17) is 4.74 Å². The number of carbonyl (C=O) groups excluding carboxylic acids is 1. The van der Waals surface area contributed by atoms with Gasteiger partial charge in [-0.2, -0.15) is 0 Å². The molecule has 1 heterocycles. The molecule has 0 aliphatic carbocycles. The standard InChI is InChI=1S/C15H21NO4S/c1-11(16(2)15(17)14-5-4-10-20-14)12-6-8-13(9-7-12)21(3,18)19/h6-9,11,14H,4-5,10H2,1-3H3. The fraction of sp³-hybridized carbons (Fsp3) is 0.533. The SMILES string of the molecule is CC(c1ccc(S(C)(=O)=O)cc1)N(C)C(=O)C1CCCO1. The lowest BCUT2D eigenvalue weighted by atomic mass is 10.1. The molecule has 0 bridgehead atoms. The van der Waals surface area contributed by atoms with Gasteiger partial charge in [0.1, 0.15) is 6.10 Å². The second-order valence-electron chi connectivity index (χ2n) is 5.47. The first-order valence-corrected chi connectivity index (χ1v) is 8.88. The molecule has 0 spiro atoms. The van der Waals surface area contributed by atoms with E-state index in [-0.39, 0.29) is 22.9 Å². The van der Waals surface area contributed by atoms with E-state index in [0.29, 0.717) is 6.61 Å². The van der Waals surface area contributed by atoms with Crippen molar-refractivity contribution in [2.75, 3.05) is 19.9 Å². The Morgan fingerprint density at radius 3 is 2.43 bits per heavy atom. The summed E-state index contributed by atoms with van der Waals surface area (Å²) in [6, 6.07) is 6.52. The topological polar surface area (TPSA) is 63.7 Å². The van der Waals surface area contributed by atoms with Crippen LogP contribution >= 0.6 is 0 Å². The normalized spacial score (nSPS) is 20.2. The first-order valence-electron chi connectivity index (χ1n) is 6.99. The Hall–Kier alpha value is -1.40. The molecule has 116 valence electrons. The van der Waals surface area contributed by atoms with E-state index in [1.54, 1.807) is 36.2 Å². The van der Waals surface area contributed by atoms with Crippen LogP contribution in [0, 0.1) is 0 Å². The predicted octanol–water partition coefficient (Wildman–Crippen LogP) is 1.79. The van der Waals surface area contributed by atoms with E-state index < -0.39 is 9.84 Å². The number of hydrogen-bond acceptors (Lipinski definition) is 4. The van der Waals surface area contributed by atoms with E-state index >= 15 is 0 Å². The Bertz CT molecular complexity index is 603. The molecule has 5 nitrogen and oxygen atoms in total. The van der Waals surface area contributed by atoms with Gasteiger partial charge in [0.2, 0.25) is 0 Å². The number of carbonyl (C=O) groups is 1. The van der Waals surface area contributed by atoms with Gasteiger partial charge in [-0.25, -0.2) is 8.42 Å². The minimum atomic E-state index is -3.20. The Kier molecular flexibility index (Phi) is 4.68. The summed E-state index contributed by atoms with van der Waals surface area (Å²) in [5.74, 6) is -0.0211. The van der Waals surface area contributed by atoms with Gasteiger partial charge < -0.3 is 9.64 Å². The van der Waals surface area contributed by atoms with Crippen LogP contribution in [0.4, 0.5) is 0 Å². The molecule has 0 saturated carbocycles. The zero-order chi connectivity index (χ0) is 15.6. The number of likely N-dealkylation sites (N-methyl/N-ethyl adjacent to an activating group) is 1. The van der Waals surface area contributed by atoms with Gasteiger partial charge in [-0.1, -0.05) is 12.1 Å². The van der Waals surface area contributed by atoms with E-state index in [0.717, 1.165) is 18.4 Å². The molecule has 1 aromatic carbocycles. The summed E-state index contributed by atoms with van der Waals surface area (Å²) in [5.41, 5.74) is 0.899. The number of benzene rings is 1. The van der Waals surface area contributed by atoms with Gasteiger partial charge in [0.15, 0.2) is 9.84 Å². The molecule has 1 aliphatic heterocycles. The van der Waals surface area contributed by atoms with E-state index in [9.17, 15) is 13.2 Å². The fourth-order valence-corrected chi connectivity index (χ4v) is 3.04. The summed E-state index contributed by atoms with van der Waals surface area (Å²) in [7, 11) is -1.45. The molecule has 1 aliphatic rings. The minimum absolute atomic E-state index is 0.0211. The second kappa shape index (κ2) is 6.15. The number of ether oxygens (including phenoxy) is 1. The van der Waals surface area contributed by atoms with Gasteiger partial charge in [0.25, 0.3) is 5.91 Å². The third-order valence-electron chi connectivity index (χ3n) is 3.92. The molecular formula is C15H21NO4S. The molecule has 21 heavy (non-hydrogen) atoms. The summed E-state index contributed by atoms with van der Waals surface area (Å²) in [4.78, 5) is 14.2. The number of sulfone groups is 1. The van der Waals surface area contributed by atoms with Gasteiger partial charge in [-0.3, -0.25) is 4.79 Å². The monoisotopic (exact) mass is 311 g/mol. The zero-order valence-electron chi connectivity index (χ0n) is 12.6. The molecule has 1 saturated heterocycles. The Morgan fingerprint density at radius 1 is 1.33 bits per heavy atom. The lowest BCUT2D eigenvalue weighted by molar-refractivity contribution is -0.141. The van der Waals surface area contributed by atoms with E-state index in [1.165, 1.54) is 6.26 Å². The van der Waals surface area contributed by atoms with Crippen LogP contribution in [0.15, 0.2) is 29.2 Å². The molecule has 0 aromatic heterocycles. The maximum Gasteiger partial charge on any atom is 0.251 e. The van der Waals surface area contributed by atoms with Crippen molar-refractivity contribution < 1.29 is 17.9 Å².